The molecule has 1 amide bonds. The number of nitrogen functional groups attached to an aromatic ring is 1. The lowest BCUT2D eigenvalue weighted by atomic mass is 10.0. The van der Waals surface area contributed by atoms with E-state index in [0.717, 1.165) is 35.6 Å². The smallest absolute Gasteiger partial charge is 0.238 e. The first-order valence-corrected chi connectivity index (χ1v) is 10.3. The molecule has 1 aliphatic heterocycles. The maximum atomic E-state index is 11.5. The fourth-order valence-electron chi connectivity index (χ4n) is 3.12. The summed E-state index contributed by atoms with van der Waals surface area (Å²) in [5.74, 6) is 0.289. The molecule has 1 aromatic carbocycles. The highest BCUT2D eigenvalue weighted by Gasteiger charge is 2.11. The fourth-order valence-corrected chi connectivity index (χ4v) is 3.12. The predicted molar refractivity (Wildman–Crippen MR) is 130 cm³/mol. The van der Waals surface area contributed by atoms with Crippen LogP contribution in [0.25, 0.3) is 11.3 Å². The molecule has 2 heterocycles. The van der Waals surface area contributed by atoms with E-state index in [4.69, 9.17) is 11.0 Å². The molecule has 0 bridgehead atoms. The van der Waals surface area contributed by atoms with Gasteiger partial charge in [0, 0.05) is 24.4 Å². The lowest BCUT2D eigenvalue weighted by Gasteiger charge is -2.14. The molecule has 0 fully saturated rings. The Bertz CT molecular complexity index is 1040. The molecule has 32 heavy (non-hydrogen) atoms. The normalized spacial score (nSPS) is 12.9. The number of nitrogens with two attached hydrogens (primary N) is 1. The number of nitrogens with zero attached hydrogens (tertiary/aromatic N) is 3. The number of aromatic nitrogens is 1. The van der Waals surface area contributed by atoms with Crippen molar-refractivity contribution >= 4 is 11.7 Å². The molecule has 0 unspecified atom stereocenters. The number of pyridine rings is 1. The van der Waals surface area contributed by atoms with Gasteiger partial charge in [0.05, 0.1) is 17.8 Å². The lowest BCUT2D eigenvalue weighted by molar-refractivity contribution is -0.121. The molecule has 3 N–H and O–H groups in total. The van der Waals surface area contributed by atoms with Crippen LogP contribution >= 0.6 is 0 Å². The molecule has 0 aliphatic carbocycles. The van der Waals surface area contributed by atoms with Gasteiger partial charge in [-0.05, 0) is 31.1 Å². The van der Waals surface area contributed by atoms with Gasteiger partial charge in [-0.15, -0.1) is 6.58 Å². The highest BCUT2D eigenvalue weighted by atomic mass is 16.2. The third kappa shape index (κ3) is 7.08. The van der Waals surface area contributed by atoms with Gasteiger partial charge in [0.15, 0.2) is 0 Å². The second kappa shape index (κ2) is 12.7. The van der Waals surface area contributed by atoms with Crippen molar-refractivity contribution in [2.75, 3.05) is 25.4 Å². The van der Waals surface area contributed by atoms with Gasteiger partial charge in [-0.1, -0.05) is 61.2 Å². The van der Waals surface area contributed by atoms with Gasteiger partial charge in [-0.3, -0.25) is 9.69 Å². The average molecular weight is 428 g/mol. The number of rotatable bonds is 7. The summed E-state index contributed by atoms with van der Waals surface area (Å²) >= 11 is 0. The van der Waals surface area contributed by atoms with Crippen LogP contribution in [0, 0.1) is 11.3 Å². The minimum atomic E-state index is 0.0155. The molecule has 6 heteroatoms. The number of hydrogen-bond acceptors (Lipinski definition) is 5. The number of amides is 1. The Morgan fingerprint density at radius 3 is 2.53 bits per heavy atom. The van der Waals surface area contributed by atoms with E-state index in [1.165, 1.54) is 0 Å². The summed E-state index contributed by atoms with van der Waals surface area (Å²) in [6, 6.07) is 13.7. The molecule has 3 rings (SSSR count). The molecule has 0 radical (unpaired) electrons. The number of carbonyl (C=O) groups excluding carboxylic acids is 1. The largest absolute Gasteiger partial charge is 0.383 e. The van der Waals surface area contributed by atoms with E-state index in [1.54, 1.807) is 12.2 Å². The van der Waals surface area contributed by atoms with Crippen LogP contribution in [0.15, 0.2) is 85.6 Å². The topological polar surface area (TPSA) is 95.0 Å². The molecule has 0 atom stereocenters. The molecule has 164 valence electrons. The highest BCUT2D eigenvalue weighted by molar-refractivity contribution is 5.80. The summed E-state index contributed by atoms with van der Waals surface area (Å²) in [7, 11) is 0. The number of allylic oxidation sites excluding steroid dienone is 3. The number of nitrogens with one attached hydrogen (secondary N) is 1. The first-order chi connectivity index (χ1) is 15.5. The van der Waals surface area contributed by atoms with Crippen LogP contribution in [0.3, 0.4) is 0 Å². The minimum Gasteiger partial charge on any atom is -0.383 e. The number of hydrogen-bond donors (Lipinski definition) is 2. The van der Waals surface area contributed by atoms with Gasteiger partial charge in [0.2, 0.25) is 5.91 Å². The van der Waals surface area contributed by atoms with Crippen LogP contribution in [0.4, 0.5) is 5.82 Å². The first kappa shape index (κ1) is 24.3. The fraction of sp³-hybridized carbons (Fsp3) is 0.192. The lowest BCUT2D eigenvalue weighted by Crippen LogP contribution is -2.35. The molecule has 0 saturated carbocycles. The Morgan fingerprint density at radius 2 is 1.97 bits per heavy atom. The van der Waals surface area contributed by atoms with Crippen LogP contribution in [0.5, 0.6) is 0 Å². The highest BCUT2D eigenvalue weighted by Crippen LogP contribution is 2.24. The van der Waals surface area contributed by atoms with Crippen molar-refractivity contribution in [2.45, 2.75) is 13.3 Å². The summed E-state index contributed by atoms with van der Waals surface area (Å²) in [4.78, 5) is 17.8. The Morgan fingerprint density at radius 1 is 1.28 bits per heavy atom. The summed E-state index contributed by atoms with van der Waals surface area (Å²) in [6.45, 7) is 11.3. The van der Waals surface area contributed by atoms with Gasteiger partial charge in [0.25, 0.3) is 0 Å². The summed E-state index contributed by atoms with van der Waals surface area (Å²) in [5, 5.41) is 11.9. The van der Waals surface area contributed by atoms with E-state index >= 15 is 0 Å². The van der Waals surface area contributed by atoms with Crippen LogP contribution in [-0.4, -0.2) is 35.4 Å². The molecule has 2 aromatic rings. The Hall–Kier alpha value is -3.95. The van der Waals surface area contributed by atoms with E-state index in [2.05, 4.69) is 46.6 Å². The molecular formula is C26H29N5O. The van der Waals surface area contributed by atoms with Gasteiger partial charge in [-0.25, -0.2) is 4.98 Å². The number of anilines is 1. The number of carbonyl (C=O) groups is 1. The van der Waals surface area contributed by atoms with Crippen molar-refractivity contribution in [1.29, 1.82) is 5.26 Å². The van der Waals surface area contributed by atoms with Crippen LogP contribution in [-0.2, 0) is 11.2 Å². The molecule has 0 spiro atoms. The Balaban J connectivity index is 0.000000235. The molecule has 0 saturated heterocycles. The number of benzene rings is 1. The van der Waals surface area contributed by atoms with Gasteiger partial charge < -0.3 is 11.1 Å². The number of nitriles is 1. The van der Waals surface area contributed by atoms with Crippen molar-refractivity contribution in [1.82, 2.24) is 15.2 Å². The maximum absolute atomic E-state index is 11.5. The zero-order valence-corrected chi connectivity index (χ0v) is 18.4. The van der Waals surface area contributed by atoms with Crippen molar-refractivity contribution < 1.29 is 4.79 Å². The Labute approximate surface area is 190 Å². The zero-order valence-electron chi connectivity index (χ0n) is 18.4. The summed E-state index contributed by atoms with van der Waals surface area (Å²) in [5.41, 5.74) is 9.66. The molecular weight excluding hydrogens is 398 g/mol. The van der Waals surface area contributed by atoms with Gasteiger partial charge in [0.1, 0.15) is 11.9 Å². The van der Waals surface area contributed by atoms with Crippen LogP contribution < -0.4 is 11.1 Å². The second-order valence-corrected chi connectivity index (χ2v) is 7.06. The Kier molecular flexibility index (Phi) is 9.64. The standard InChI is InChI=1S/C15H13N3.C11H16N2O/c1-2-6-12-9-14(11-7-4-3-5-8-11)18-15(17)13(12)10-16;1-3-10(4-2)12-11(14)9-13-7-5-6-8-13/h2-5,7-9H,1,6H2,(H2,17,18);3-6H,1,7-9H2,2H3,(H,12,14)/b;10-4+. The van der Waals surface area contributed by atoms with Crippen LogP contribution in [0.2, 0.25) is 0 Å². The maximum Gasteiger partial charge on any atom is 0.238 e. The molecule has 1 aromatic heterocycles. The van der Waals surface area contributed by atoms with Crippen molar-refractivity contribution in [3.63, 3.8) is 0 Å². The summed E-state index contributed by atoms with van der Waals surface area (Å²) < 4.78 is 0. The monoisotopic (exact) mass is 427 g/mol. The molecule has 6 nitrogen and oxygen atoms in total. The van der Waals surface area contributed by atoms with E-state index < -0.39 is 0 Å². The van der Waals surface area contributed by atoms with E-state index in [9.17, 15) is 4.79 Å². The third-order valence-corrected chi connectivity index (χ3v) is 4.75. The van der Waals surface area contributed by atoms with E-state index in [0.29, 0.717) is 18.5 Å². The molecule has 1 aliphatic rings. The third-order valence-electron chi connectivity index (χ3n) is 4.75. The van der Waals surface area contributed by atoms with Crippen molar-refractivity contribution in [3.8, 4) is 17.3 Å². The second-order valence-electron chi connectivity index (χ2n) is 7.06. The zero-order chi connectivity index (χ0) is 23.3. The quantitative estimate of drug-likeness (QED) is 0.514. The SMILES string of the molecule is C=C/C(=C\C)NC(=O)CN1CC=CC1.C=CCc1cc(-c2ccccc2)nc(N)c1C#N. The minimum absolute atomic E-state index is 0.0155. The van der Waals surface area contributed by atoms with Gasteiger partial charge in [-0.2, -0.15) is 5.26 Å². The predicted octanol–water partition coefficient (Wildman–Crippen LogP) is 4.00. The van der Waals surface area contributed by atoms with E-state index in [-0.39, 0.29) is 11.7 Å². The summed E-state index contributed by atoms with van der Waals surface area (Å²) in [6.07, 6.45) is 9.96. The van der Waals surface area contributed by atoms with Crippen molar-refractivity contribution in [3.05, 3.63) is 96.8 Å². The van der Waals surface area contributed by atoms with Crippen molar-refractivity contribution in [2.24, 2.45) is 0 Å². The average Bonchev–Trinajstić information content (AvgIpc) is 3.31. The van der Waals surface area contributed by atoms with Gasteiger partial charge >= 0.3 is 0 Å². The van der Waals surface area contributed by atoms with Crippen LogP contribution in [0.1, 0.15) is 18.1 Å². The first-order valence-electron chi connectivity index (χ1n) is 10.3. The van der Waals surface area contributed by atoms with E-state index in [1.807, 2.05) is 49.4 Å².